The summed E-state index contributed by atoms with van der Waals surface area (Å²) >= 11 is 0. The highest BCUT2D eigenvalue weighted by atomic mass is 16.5. The van der Waals surface area contributed by atoms with E-state index in [-0.39, 0.29) is 23.5 Å². The minimum Gasteiger partial charge on any atom is -0.479 e. The number of fused-ring (bicyclic) bond motifs is 2. The lowest BCUT2D eigenvalue weighted by molar-refractivity contribution is -0.136. The van der Waals surface area contributed by atoms with Crippen molar-refractivity contribution in [1.82, 2.24) is 9.80 Å². The number of amides is 4. The van der Waals surface area contributed by atoms with Gasteiger partial charge in [-0.2, -0.15) is 0 Å². The number of piperidine rings is 1. The zero-order valence-electron chi connectivity index (χ0n) is 20.4. The van der Waals surface area contributed by atoms with Gasteiger partial charge < -0.3 is 15.0 Å². The van der Waals surface area contributed by atoms with Gasteiger partial charge in [-0.25, -0.2) is 0 Å². The van der Waals surface area contributed by atoms with Crippen LogP contribution in [0, 0.1) is 12.8 Å². The van der Waals surface area contributed by atoms with E-state index in [0.29, 0.717) is 54.1 Å². The molecule has 0 saturated carbocycles. The van der Waals surface area contributed by atoms with E-state index in [9.17, 15) is 24.0 Å². The van der Waals surface area contributed by atoms with Crippen LogP contribution in [0.3, 0.4) is 0 Å². The summed E-state index contributed by atoms with van der Waals surface area (Å²) in [5, 5.41) is 2.76. The Morgan fingerprint density at radius 1 is 1.00 bits per heavy atom. The molecular formula is C27H27N3O6. The van der Waals surface area contributed by atoms with Crippen molar-refractivity contribution < 1.29 is 28.7 Å². The van der Waals surface area contributed by atoms with E-state index >= 15 is 0 Å². The van der Waals surface area contributed by atoms with E-state index in [0.717, 1.165) is 10.5 Å². The van der Waals surface area contributed by atoms with Gasteiger partial charge in [-0.05, 0) is 63.9 Å². The van der Waals surface area contributed by atoms with Crippen molar-refractivity contribution in [1.29, 1.82) is 0 Å². The molecule has 2 unspecified atom stereocenters. The Morgan fingerprint density at radius 3 is 2.42 bits per heavy atom. The third-order valence-corrected chi connectivity index (χ3v) is 7.19. The van der Waals surface area contributed by atoms with Crippen LogP contribution in [-0.4, -0.2) is 64.4 Å². The van der Waals surface area contributed by atoms with Gasteiger partial charge in [0.05, 0.1) is 16.8 Å². The highest BCUT2D eigenvalue weighted by molar-refractivity contribution is 6.22. The summed E-state index contributed by atoms with van der Waals surface area (Å²) in [6.07, 6.45) is 0.346. The van der Waals surface area contributed by atoms with Gasteiger partial charge in [-0.3, -0.25) is 28.9 Å². The molecule has 1 fully saturated rings. The van der Waals surface area contributed by atoms with Crippen LogP contribution >= 0.6 is 0 Å². The number of carbonyl (C=O) groups is 5. The number of Topliss-reactive ketones (excluding diaryl/α,β-unsaturated/α-hetero) is 1. The van der Waals surface area contributed by atoms with Crippen LogP contribution in [0.4, 0.5) is 5.69 Å². The first-order valence-electron chi connectivity index (χ1n) is 12.1. The third kappa shape index (κ3) is 3.94. The molecular weight excluding hydrogens is 462 g/mol. The monoisotopic (exact) mass is 489 g/mol. The molecule has 4 amide bonds. The van der Waals surface area contributed by atoms with Crippen molar-refractivity contribution in [2.24, 2.45) is 5.92 Å². The van der Waals surface area contributed by atoms with Crippen molar-refractivity contribution in [3.63, 3.8) is 0 Å². The Kier molecular flexibility index (Phi) is 5.86. The molecule has 0 spiro atoms. The maximum absolute atomic E-state index is 13.2. The van der Waals surface area contributed by atoms with Crippen molar-refractivity contribution in [2.45, 2.75) is 45.8 Å². The van der Waals surface area contributed by atoms with Crippen molar-refractivity contribution >= 4 is 35.1 Å². The van der Waals surface area contributed by atoms with Gasteiger partial charge in [0.15, 0.2) is 11.9 Å². The molecule has 3 aliphatic rings. The molecule has 0 aromatic heterocycles. The summed E-state index contributed by atoms with van der Waals surface area (Å²) in [6.45, 7) is 5.77. The Balaban J connectivity index is 1.22. The van der Waals surface area contributed by atoms with E-state index in [1.807, 2.05) is 6.92 Å². The Bertz CT molecular complexity index is 1310. The number of carbonyl (C=O) groups excluding carboxylic acids is 5. The smallest absolute Gasteiger partial charge is 0.265 e. The maximum atomic E-state index is 13.2. The van der Waals surface area contributed by atoms with Gasteiger partial charge in [0, 0.05) is 24.6 Å². The fourth-order valence-corrected chi connectivity index (χ4v) is 5.06. The fraction of sp³-hybridized carbons (Fsp3) is 0.370. The number of nitrogens with zero attached hydrogens (tertiary/aromatic N) is 2. The van der Waals surface area contributed by atoms with Gasteiger partial charge >= 0.3 is 0 Å². The second-order valence-electron chi connectivity index (χ2n) is 9.63. The fourth-order valence-electron chi connectivity index (χ4n) is 5.06. The minimum absolute atomic E-state index is 0.0541. The highest BCUT2D eigenvalue weighted by Gasteiger charge is 2.42. The number of rotatable bonds is 4. The molecule has 186 valence electrons. The van der Waals surface area contributed by atoms with Crippen LogP contribution in [0.5, 0.6) is 5.75 Å². The van der Waals surface area contributed by atoms with Crippen molar-refractivity contribution in [2.75, 3.05) is 18.4 Å². The van der Waals surface area contributed by atoms with Crippen molar-refractivity contribution in [3.8, 4) is 5.75 Å². The number of imide groups is 1. The number of hydrogen-bond acceptors (Lipinski definition) is 6. The second kappa shape index (κ2) is 8.89. The lowest BCUT2D eigenvalue weighted by atomic mass is 9.88. The van der Waals surface area contributed by atoms with E-state index in [1.54, 1.807) is 55.1 Å². The standard InChI is InChI=1S/C27H27N3O6/c1-14-4-6-19-20(12-14)27(35)30(26(19)34)15(2)25(33)29-10-8-17(9-11-29)23(31)18-5-7-22-21(13-18)28-24(32)16(3)36-22/h4-7,12-13,15-17H,8-11H2,1-3H3,(H,28,32). The van der Waals surface area contributed by atoms with E-state index in [2.05, 4.69) is 5.32 Å². The van der Waals surface area contributed by atoms with Gasteiger partial charge in [0.25, 0.3) is 17.7 Å². The van der Waals surface area contributed by atoms with Crippen LogP contribution in [0.15, 0.2) is 36.4 Å². The molecule has 3 heterocycles. The molecule has 9 heteroatoms. The molecule has 5 rings (SSSR count). The summed E-state index contributed by atoms with van der Waals surface area (Å²) < 4.78 is 5.55. The van der Waals surface area contributed by atoms with Crippen LogP contribution < -0.4 is 10.1 Å². The number of nitrogens with one attached hydrogen (secondary N) is 1. The van der Waals surface area contributed by atoms with E-state index < -0.39 is 24.0 Å². The van der Waals surface area contributed by atoms with E-state index in [4.69, 9.17) is 4.74 Å². The quantitative estimate of drug-likeness (QED) is 0.522. The Morgan fingerprint density at radius 2 is 1.69 bits per heavy atom. The molecule has 9 nitrogen and oxygen atoms in total. The lowest BCUT2D eigenvalue weighted by Gasteiger charge is -2.34. The van der Waals surface area contributed by atoms with E-state index in [1.165, 1.54) is 0 Å². The molecule has 2 aromatic rings. The summed E-state index contributed by atoms with van der Waals surface area (Å²) in [5.41, 5.74) is 2.46. The van der Waals surface area contributed by atoms with Gasteiger partial charge in [-0.1, -0.05) is 11.6 Å². The zero-order valence-corrected chi connectivity index (χ0v) is 20.4. The molecule has 2 aromatic carbocycles. The molecule has 0 bridgehead atoms. The van der Waals surface area contributed by atoms with Gasteiger partial charge in [0.2, 0.25) is 5.91 Å². The predicted octanol–water partition coefficient (Wildman–Crippen LogP) is 2.82. The molecule has 2 atom stereocenters. The maximum Gasteiger partial charge on any atom is 0.265 e. The Hall–Kier alpha value is -4.01. The number of aryl methyl sites for hydroxylation is 1. The molecule has 1 saturated heterocycles. The van der Waals surface area contributed by atoms with Gasteiger partial charge in [0.1, 0.15) is 11.8 Å². The van der Waals surface area contributed by atoms with Gasteiger partial charge in [-0.15, -0.1) is 0 Å². The molecule has 1 N–H and O–H groups in total. The average Bonchev–Trinajstić information content (AvgIpc) is 3.12. The topological polar surface area (TPSA) is 113 Å². The van der Waals surface area contributed by atoms with Crippen LogP contribution in [-0.2, 0) is 9.59 Å². The SMILES string of the molecule is Cc1ccc2c(c1)C(=O)N(C(C)C(=O)N1CCC(C(=O)c3ccc4c(c3)NC(=O)C(C)O4)CC1)C2=O. The summed E-state index contributed by atoms with van der Waals surface area (Å²) in [7, 11) is 0. The van der Waals surface area contributed by atoms with Crippen LogP contribution in [0.1, 0.15) is 63.3 Å². The number of anilines is 1. The first-order chi connectivity index (χ1) is 17.2. The first kappa shape index (κ1) is 23.7. The minimum atomic E-state index is -0.934. The number of ketones is 1. The number of hydrogen-bond donors (Lipinski definition) is 1. The normalized spacial score (nSPS) is 20.4. The average molecular weight is 490 g/mol. The Labute approximate surface area is 208 Å². The number of benzene rings is 2. The number of likely N-dealkylation sites (tertiary alicyclic amines) is 1. The van der Waals surface area contributed by atoms with Crippen LogP contribution in [0.2, 0.25) is 0 Å². The molecule has 3 aliphatic heterocycles. The molecule has 0 radical (unpaired) electrons. The third-order valence-electron chi connectivity index (χ3n) is 7.19. The molecule has 0 aliphatic carbocycles. The zero-order chi connectivity index (χ0) is 25.7. The second-order valence-corrected chi connectivity index (χ2v) is 9.63. The summed E-state index contributed by atoms with van der Waals surface area (Å²) in [6, 6.07) is 9.13. The summed E-state index contributed by atoms with van der Waals surface area (Å²) in [4.78, 5) is 66.6. The number of ether oxygens (including phenoxy) is 1. The van der Waals surface area contributed by atoms with Crippen molar-refractivity contribution in [3.05, 3.63) is 58.7 Å². The lowest BCUT2D eigenvalue weighted by Crippen LogP contribution is -2.51. The first-order valence-corrected chi connectivity index (χ1v) is 12.1. The predicted molar refractivity (Wildman–Crippen MR) is 130 cm³/mol. The largest absolute Gasteiger partial charge is 0.479 e. The van der Waals surface area contributed by atoms with Crippen LogP contribution in [0.25, 0.3) is 0 Å². The molecule has 36 heavy (non-hydrogen) atoms. The highest BCUT2D eigenvalue weighted by Crippen LogP contribution is 2.33. The summed E-state index contributed by atoms with van der Waals surface area (Å²) in [5.74, 6) is -1.29.